The Balaban J connectivity index is 2.21. The fraction of sp³-hybridized carbons (Fsp3) is 0.778. The van der Waals surface area contributed by atoms with Crippen LogP contribution in [-0.2, 0) is 19.2 Å². The molecule has 86 valence electrons. The van der Waals surface area contributed by atoms with Gasteiger partial charge in [-0.1, -0.05) is 0 Å². The molecule has 0 bridgehead atoms. The summed E-state index contributed by atoms with van der Waals surface area (Å²) >= 11 is 0. The van der Waals surface area contributed by atoms with E-state index < -0.39 is 0 Å². The highest BCUT2D eigenvalue weighted by Gasteiger charge is 2.32. The van der Waals surface area contributed by atoms with E-state index >= 15 is 0 Å². The first kappa shape index (κ1) is 11.9. The molecule has 1 heterocycles. The number of ether oxygens (including phenoxy) is 1. The normalized spacial score (nSPS) is 20.8. The number of nitrogens with one attached hydrogen (secondary N) is 1. The summed E-state index contributed by atoms with van der Waals surface area (Å²) in [4.78, 5) is 29.0. The van der Waals surface area contributed by atoms with E-state index in [4.69, 9.17) is 9.57 Å². The van der Waals surface area contributed by atoms with Gasteiger partial charge in [0.15, 0.2) is 0 Å². The highest BCUT2D eigenvalue weighted by Crippen LogP contribution is 2.15. The van der Waals surface area contributed by atoms with E-state index in [1.54, 1.807) is 19.1 Å². The van der Waals surface area contributed by atoms with Crippen molar-refractivity contribution in [3.8, 4) is 0 Å². The minimum absolute atomic E-state index is 0.00737. The Hall–Kier alpha value is -1.14. The SMILES string of the molecule is COCCONC(=O)C1CC(=O)N(C)C1. The Morgan fingerprint density at radius 1 is 1.60 bits per heavy atom. The summed E-state index contributed by atoms with van der Waals surface area (Å²) in [5.74, 6) is -0.555. The van der Waals surface area contributed by atoms with Crippen LogP contribution in [-0.4, -0.2) is 50.6 Å². The van der Waals surface area contributed by atoms with Gasteiger partial charge >= 0.3 is 0 Å². The number of methoxy groups -OCH3 is 1. The topological polar surface area (TPSA) is 67.9 Å². The van der Waals surface area contributed by atoms with Crippen molar-refractivity contribution >= 4 is 11.8 Å². The molecule has 0 aliphatic carbocycles. The van der Waals surface area contributed by atoms with Crippen LogP contribution in [0.2, 0.25) is 0 Å². The molecule has 1 saturated heterocycles. The summed E-state index contributed by atoms with van der Waals surface area (Å²) in [7, 11) is 3.23. The van der Waals surface area contributed by atoms with Crippen LogP contribution in [0, 0.1) is 5.92 Å². The molecule has 1 atom stereocenters. The van der Waals surface area contributed by atoms with Gasteiger partial charge in [0.2, 0.25) is 11.8 Å². The zero-order valence-corrected chi connectivity index (χ0v) is 8.99. The van der Waals surface area contributed by atoms with Gasteiger partial charge in [-0.25, -0.2) is 5.48 Å². The molecule has 15 heavy (non-hydrogen) atoms. The average molecular weight is 216 g/mol. The van der Waals surface area contributed by atoms with Gasteiger partial charge in [-0.05, 0) is 0 Å². The van der Waals surface area contributed by atoms with Gasteiger partial charge in [0, 0.05) is 27.1 Å². The first-order valence-corrected chi connectivity index (χ1v) is 4.79. The van der Waals surface area contributed by atoms with Crippen molar-refractivity contribution in [3.05, 3.63) is 0 Å². The van der Waals surface area contributed by atoms with E-state index in [1.165, 1.54) is 0 Å². The molecule has 1 rings (SSSR count). The second-order valence-electron chi connectivity index (χ2n) is 3.48. The summed E-state index contributed by atoms with van der Waals surface area (Å²) < 4.78 is 4.74. The molecule has 0 spiro atoms. The lowest BCUT2D eigenvalue weighted by molar-refractivity contribution is -0.138. The Kier molecular flexibility index (Phi) is 4.51. The first-order valence-electron chi connectivity index (χ1n) is 4.79. The third kappa shape index (κ3) is 3.49. The van der Waals surface area contributed by atoms with Gasteiger partial charge < -0.3 is 9.64 Å². The lowest BCUT2D eigenvalue weighted by atomic mass is 10.1. The van der Waals surface area contributed by atoms with Crippen LogP contribution in [0.25, 0.3) is 0 Å². The zero-order chi connectivity index (χ0) is 11.3. The third-order valence-electron chi connectivity index (χ3n) is 2.27. The van der Waals surface area contributed by atoms with Crippen LogP contribution in [0.3, 0.4) is 0 Å². The van der Waals surface area contributed by atoms with E-state index in [-0.39, 0.29) is 24.2 Å². The van der Waals surface area contributed by atoms with Gasteiger partial charge in [-0.3, -0.25) is 14.4 Å². The van der Waals surface area contributed by atoms with E-state index in [0.29, 0.717) is 19.8 Å². The maximum absolute atomic E-state index is 11.4. The molecule has 2 amide bonds. The maximum atomic E-state index is 11.4. The summed E-state index contributed by atoms with van der Waals surface area (Å²) in [5, 5.41) is 0. The molecule has 0 saturated carbocycles. The van der Waals surface area contributed by atoms with Crippen LogP contribution in [0.5, 0.6) is 0 Å². The van der Waals surface area contributed by atoms with Crippen molar-refractivity contribution in [1.82, 2.24) is 10.4 Å². The lowest BCUT2D eigenvalue weighted by Crippen LogP contribution is -2.33. The van der Waals surface area contributed by atoms with Gasteiger partial charge in [0.1, 0.15) is 0 Å². The van der Waals surface area contributed by atoms with Gasteiger partial charge in [0.05, 0.1) is 19.1 Å². The van der Waals surface area contributed by atoms with Gasteiger partial charge in [-0.2, -0.15) is 0 Å². The quantitative estimate of drug-likeness (QED) is 0.480. The number of hydrogen-bond donors (Lipinski definition) is 1. The highest BCUT2D eigenvalue weighted by molar-refractivity contribution is 5.88. The number of carbonyl (C=O) groups is 2. The molecule has 0 aromatic carbocycles. The third-order valence-corrected chi connectivity index (χ3v) is 2.27. The predicted molar refractivity (Wildman–Crippen MR) is 51.7 cm³/mol. The molecule has 1 unspecified atom stereocenters. The number of amides is 2. The number of nitrogens with zero attached hydrogens (tertiary/aromatic N) is 1. The summed E-state index contributed by atoms with van der Waals surface area (Å²) in [6.07, 6.45) is 0.260. The monoisotopic (exact) mass is 216 g/mol. The fourth-order valence-electron chi connectivity index (χ4n) is 1.37. The van der Waals surface area contributed by atoms with Crippen molar-refractivity contribution in [2.24, 2.45) is 5.92 Å². The molecule has 1 fully saturated rings. The number of carbonyl (C=O) groups excluding carboxylic acids is 2. The van der Waals surface area contributed by atoms with Gasteiger partial charge in [0.25, 0.3) is 0 Å². The molecule has 6 nitrogen and oxygen atoms in total. The van der Waals surface area contributed by atoms with E-state index in [2.05, 4.69) is 5.48 Å². The molecule has 0 aromatic rings. The van der Waals surface area contributed by atoms with Crippen molar-refractivity contribution in [2.45, 2.75) is 6.42 Å². The van der Waals surface area contributed by atoms with Crippen molar-refractivity contribution in [2.75, 3.05) is 33.9 Å². The lowest BCUT2D eigenvalue weighted by Gasteiger charge is -2.10. The van der Waals surface area contributed by atoms with E-state index in [9.17, 15) is 9.59 Å². The number of rotatable bonds is 5. The fourth-order valence-corrected chi connectivity index (χ4v) is 1.37. The molecule has 1 N–H and O–H groups in total. The predicted octanol–water partition coefficient (Wildman–Crippen LogP) is -0.841. The molecular formula is C9H16N2O4. The van der Waals surface area contributed by atoms with Crippen LogP contribution >= 0.6 is 0 Å². The van der Waals surface area contributed by atoms with Crippen LogP contribution in [0.15, 0.2) is 0 Å². The standard InChI is InChI=1S/C9H16N2O4/c1-11-6-7(5-8(11)12)9(13)10-15-4-3-14-2/h7H,3-6H2,1-2H3,(H,10,13). The molecule has 0 aromatic heterocycles. The summed E-state index contributed by atoms with van der Waals surface area (Å²) in [6, 6.07) is 0. The van der Waals surface area contributed by atoms with Crippen LogP contribution in [0.4, 0.5) is 0 Å². The van der Waals surface area contributed by atoms with Crippen molar-refractivity contribution in [3.63, 3.8) is 0 Å². The largest absolute Gasteiger partial charge is 0.382 e. The van der Waals surface area contributed by atoms with E-state index in [1.807, 2.05) is 0 Å². The highest BCUT2D eigenvalue weighted by atomic mass is 16.7. The average Bonchev–Trinajstić information content (AvgIpc) is 2.54. The van der Waals surface area contributed by atoms with E-state index in [0.717, 1.165) is 0 Å². The second-order valence-corrected chi connectivity index (χ2v) is 3.48. The summed E-state index contributed by atoms with van der Waals surface area (Å²) in [5.41, 5.74) is 2.30. The maximum Gasteiger partial charge on any atom is 0.248 e. The van der Waals surface area contributed by atoms with Crippen molar-refractivity contribution < 1.29 is 19.2 Å². The Morgan fingerprint density at radius 2 is 2.33 bits per heavy atom. The summed E-state index contributed by atoms with van der Waals surface area (Å²) in [6.45, 7) is 1.18. The number of hydrogen-bond acceptors (Lipinski definition) is 4. The second kappa shape index (κ2) is 5.67. The molecule has 1 aliphatic heterocycles. The van der Waals surface area contributed by atoms with Crippen LogP contribution < -0.4 is 5.48 Å². The van der Waals surface area contributed by atoms with Crippen LogP contribution in [0.1, 0.15) is 6.42 Å². The number of hydroxylamine groups is 1. The minimum Gasteiger partial charge on any atom is -0.382 e. The zero-order valence-electron chi connectivity index (χ0n) is 8.99. The Labute approximate surface area is 88.5 Å². The minimum atomic E-state index is -0.301. The first-order chi connectivity index (χ1) is 7.15. The molecule has 6 heteroatoms. The van der Waals surface area contributed by atoms with Crippen molar-refractivity contribution in [1.29, 1.82) is 0 Å². The van der Waals surface area contributed by atoms with Gasteiger partial charge in [-0.15, -0.1) is 0 Å². The smallest absolute Gasteiger partial charge is 0.248 e. The Morgan fingerprint density at radius 3 is 2.87 bits per heavy atom. The molecule has 1 aliphatic rings. The molecule has 0 radical (unpaired) electrons. The molecular weight excluding hydrogens is 200 g/mol. The Bertz CT molecular complexity index is 244. The number of likely N-dealkylation sites (tertiary alicyclic amines) is 1.